The van der Waals surface area contributed by atoms with Gasteiger partial charge in [0.05, 0.1) is 16.9 Å². The van der Waals surface area contributed by atoms with Crippen molar-refractivity contribution in [2.45, 2.75) is 66.2 Å². The first-order valence-electron chi connectivity index (χ1n) is 9.87. The molecule has 6 nitrogen and oxygen atoms in total. The maximum Gasteiger partial charge on any atom is 0.125 e. The van der Waals surface area contributed by atoms with Crippen molar-refractivity contribution in [2.75, 3.05) is 0 Å². The summed E-state index contributed by atoms with van der Waals surface area (Å²) in [6, 6.07) is 10.4. The maximum atomic E-state index is 12.3. The van der Waals surface area contributed by atoms with Crippen molar-refractivity contribution < 1.29 is 27.6 Å². The molecule has 0 aromatic heterocycles. The smallest absolute Gasteiger partial charge is 0.125 e. The van der Waals surface area contributed by atoms with Crippen LogP contribution >= 0.6 is 12.0 Å². The lowest BCUT2D eigenvalue weighted by atomic mass is 9.93. The summed E-state index contributed by atoms with van der Waals surface area (Å²) in [4.78, 5) is 0.111. The van der Waals surface area contributed by atoms with Gasteiger partial charge in [-0.05, 0) is 104 Å². The summed E-state index contributed by atoms with van der Waals surface area (Å²) in [6.07, 6.45) is 0. The van der Waals surface area contributed by atoms with Crippen LogP contribution in [0.15, 0.2) is 46.2 Å². The summed E-state index contributed by atoms with van der Waals surface area (Å²) in [6.45, 7) is 11.7. The molecular formula is C26H32O6S2-2. The molecule has 0 heterocycles. The van der Waals surface area contributed by atoms with Crippen LogP contribution in [0.5, 0.6) is 0 Å². The Morgan fingerprint density at radius 3 is 1.50 bits per heavy atom. The van der Waals surface area contributed by atoms with Gasteiger partial charge in [-0.3, -0.25) is 5.04 Å². The number of hydrogen-bond acceptors (Lipinski definition) is 7. The molecule has 34 heavy (non-hydrogen) atoms. The molecule has 0 radical (unpaired) electrons. The molecule has 0 aliphatic carbocycles. The number of rotatable bonds is 6. The average Bonchev–Trinajstić information content (AvgIpc) is 2.72. The second-order valence-corrected chi connectivity index (χ2v) is 10.1. The zero-order chi connectivity index (χ0) is 23.8. The first kappa shape index (κ1) is 29.8. The highest BCUT2D eigenvalue weighted by atomic mass is 32.2. The SMILES string of the molecule is C.C.Cc1cc(-c2cc(S(=O)(=O)[O-])c(-c3cc(C)c(C)c(C)c3)cc2SOO[O-])cc(C)c1C. The highest BCUT2D eigenvalue weighted by Crippen LogP contribution is 2.41. The lowest BCUT2D eigenvalue weighted by Crippen LogP contribution is -2.05. The van der Waals surface area contributed by atoms with Gasteiger partial charge in [-0.15, -0.1) is 0 Å². The minimum atomic E-state index is -4.81. The summed E-state index contributed by atoms with van der Waals surface area (Å²) >= 11 is 0.666. The molecule has 186 valence electrons. The molecule has 3 rings (SSSR count). The van der Waals surface area contributed by atoms with Gasteiger partial charge < -0.3 is 9.81 Å². The molecule has 0 unspecified atom stereocenters. The Balaban J connectivity index is 0.00000289. The standard InChI is InChI=1S/C24H26O6S2.2CH4/c1-13-7-19(8-14(2)17(13)5)21-12-24(32(26,27)28)22(11-23(21)31-30-29-25)20-9-15(3)18(6)16(4)10-20;;/h7-12,25H,1-6H3,(H,26,27,28);2*1H4/p-2. The summed E-state index contributed by atoms with van der Waals surface area (Å²) in [5.41, 5.74) is 8.15. The Bertz CT molecular complexity index is 1250. The van der Waals surface area contributed by atoms with E-state index in [4.69, 9.17) is 0 Å². The summed E-state index contributed by atoms with van der Waals surface area (Å²) < 4.78 is 41.5. The van der Waals surface area contributed by atoms with Crippen LogP contribution < -0.4 is 5.26 Å². The fourth-order valence-electron chi connectivity index (χ4n) is 3.72. The van der Waals surface area contributed by atoms with Gasteiger partial charge in [0.1, 0.15) is 10.1 Å². The van der Waals surface area contributed by atoms with Crippen molar-refractivity contribution in [2.24, 2.45) is 0 Å². The van der Waals surface area contributed by atoms with Gasteiger partial charge >= 0.3 is 0 Å². The minimum absolute atomic E-state index is 0. The molecule has 3 aromatic rings. The van der Waals surface area contributed by atoms with Crippen molar-refractivity contribution in [1.29, 1.82) is 0 Å². The normalized spacial score (nSPS) is 11.1. The monoisotopic (exact) mass is 504 g/mol. The molecule has 8 heteroatoms. The van der Waals surface area contributed by atoms with Crippen LogP contribution in [-0.4, -0.2) is 13.0 Å². The highest BCUT2D eigenvalue weighted by molar-refractivity contribution is 7.94. The van der Waals surface area contributed by atoms with E-state index in [9.17, 15) is 18.2 Å². The second kappa shape index (κ2) is 11.5. The lowest BCUT2D eigenvalue weighted by molar-refractivity contribution is -0.777. The van der Waals surface area contributed by atoms with Crippen LogP contribution in [0.3, 0.4) is 0 Å². The van der Waals surface area contributed by atoms with Crippen LogP contribution in [-0.2, 0) is 19.5 Å². The largest absolute Gasteiger partial charge is 0.744 e. The van der Waals surface area contributed by atoms with Crippen LogP contribution in [0, 0.1) is 41.5 Å². The minimum Gasteiger partial charge on any atom is -0.744 e. The van der Waals surface area contributed by atoms with Gasteiger partial charge in [0.15, 0.2) is 0 Å². The summed E-state index contributed by atoms with van der Waals surface area (Å²) in [5.74, 6) is 0. The van der Waals surface area contributed by atoms with Crippen LogP contribution in [0.1, 0.15) is 48.2 Å². The molecule has 0 aliphatic heterocycles. The predicted molar refractivity (Wildman–Crippen MR) is 135 cm³/mol. The Morgan fingerprint density at radius 1 is 0.706 bits per heavy atom. The van der Waals surface area contributed by atoms with Crippen molar-refractivity contribution in [1.82, 2.24) is 0 Å². The number of benzene rings is 3. The third-order valence-corrected chi connectivity index (χ3v) is 7.50. The Labute approximate surface area is 207 Å². The third-order valence-electron chi connectivity index (χ3n) is 5.98. The van der Waals surface area contributed by atoms with E-state index in [0.717, 1.165) is 33.4 Å². The van der Waals surface area contributed by atoms with Crippen LogP contribution in [0.25, 0.3) is 22.3 Å². The van der Waals surface area contributed by atoms with Gasteiger partial charge in [0.2, 0.25) is 0 Å². The molecule has 0 aliphatic rings. The molecule has 0 bridgehead atoms. The molecular weight excluding hydrogens is 472 g/mol. The molecule has 0 spiro atoms. The van der Waals surface area contributed by atoms with E-state index in [-0.39, 0.29) is 25.3 Å². The van der Waals surface area contributed by atoms with E-state index < -0.39 is 10.1 Å². The van der Waals surface area contributed by atoms with Crippen LogP contribution in [0.4, 0.5) is 0 Å². The van der Waals surface area contributed by atoms with Gasteiger partial charge in [-0.25, -0.2) is 8.42 Å². The first-order valence-corrected chi connectivity index (χ1v) is 12.0. The van der Waals surface area contributed by atoms with E-state index >= 15 is 0 Å². The van der Waals surface area contributed by atoms with E-state index in [0.29, 0.717) is 33.6 Å². The molecule has 0 N–H and O–H groups in total. The van der Waals surface area contributed by atoms with E-state index in [1.165, 1.54) is 6.07 Å². The van der Waals surface area contributed by atoms with Crippen molar-refractivity contribution in [3.8, 4) is 22.3 Å². The topological polar surface area (TPSA) is 98.7 Å². The first-order chi connectivity index (χ1) is 14.9. The van der Waals surface area contributed by atoms with Gasteiger partial charge in [0.25, 0.3) is 0 Å². The molecule has 0 saturated carbocycles. The molecule has 0 fully saturated rings. The zero-order valence-corrected chi connectivity index (χ0v) is 20.4. The Hall–Kier alpha value is -2.20. The third kappa shape index (κ3) is 6.07. The quantitative estimate of drug-likeness (QED) is 0.169. The second-order valence-electron chi connectivity index (χ2n) is 7.99. The number of aryl methyl sites for hydroxylation is 4. The van der Waals surface area contributed by atoms with Crippen molar-refractivity contribution in [3.63, 3.8) is 0 Å². The fraction of sp³-hybridized carbons (Fsp3) is 0.308. The Morgan fingerprint density at radius 2 is 1.12 bits per heavy atom. The average molecular weight is 505 g/mol. The molecule has 0 amide bonds. The van der Waals surface area contributed by atoms with E-state index in [2.05, 4.69) is 9.37 Å². The lowest BCUT2D eigenvalue weighted by Gasteiger charge is -2.20. The predicted octanol–water partition coefficient (Wildman–Crippen LogP) is 6.28. The fourth-order valence-corrected chi connectivity index (χ4v) is 4.96. The molecule has 0 atom stereocenters. The maximum absolute atomic E-state index is 12.3. The van der Waals surface area contributed by atoms with Gasteiger partial charge in [-0.2, -0.15) is 4.33 Å². The highest BCUT2D eigenvalue weighted by Gasteiger charge is 2.19. The summed E-state index contributed by atoms with van der Waals surface area (Å²) in [7, 11) is -4.81. The zero-order valence-electron chi connectivity index (χ0n) is 18.7. The van der Waals surface area contributed by atoms with E-state index in [1.54, 1.807) is 6.07 Å². The van der Waals surface area contributed by atoms with Crippen molar-refractivity contribution >= 4 is 22.2 Å². The summed E-state index contributed by atoms with van der Waals surface area (Å²) in [5, 5.41) is 14.1. The van der Waals surface area contributed by atoms with Gasteiger partial charge in [-0.1, -0.05) is 39.1 Å². The van der Waals surface area contributed by atoms with Crippen LogP contribution in [0.2, 0.25) is 0 Å². The van der Waals surface area contributed by atoms with Crippen molar-refractivity contribution in [3.05, 3.63) is 69.8 Å². The van der Waals surface area contributed by atoms with Gasteiger partial charge in [0, 0.05) is 10.5 Å². The molecule has 0 saturated heterocycles. The molecule has 3 aromatic carbocycles. The van der Waals surface area contributed by atoms with E-state index in [1.807, 2.05) is 65.8 Å². The number of hydrogen-bond donors (Lipinski definition) is 0. The Kier molecular flexibility index (Phi) is 10.1.